The molecule has 0 aromatic carbocycles. The summed E-state index contributed by atoms with van der Waals surface area (Å²) in [5.74, 6) is 1.90. The zero-order chi connectivity index (χ0) is 6.69. The molecule has 1 rings (SSSR count). The summed E-state index contributed by atoms with van der Waals surface area (Å²) in [5, 5.41) is 0. The SMILES string of the molecule is CC[C@H]1CC=CCC1C. The van der Waals surface area contributed by atoms with E-state index in [0.29, 0.717) is 0 Å². The van der Waals surface area contributed by atoms with Crippen molar-refractivity contribution in [3.05, 3.63) is 12.2 Å². The Balaban J connectivity index is 2.43. The summed E-state index contributed by atoms with van der Waals surface area (Å²) in [6.45, 7) is 4.65. The van der Waals surface area contributed by atoms with Gasteiger partial charge in [0, 0.05) is 0 Å². The lowest BCUT2D eigenvalue weighted by atomic mass is 9.83. The molecule has 2 atom stereocenters. The molecule has 0 aromatic heterocycles. The van der Waals surface area contributed by atoms with Gasteiger partial charge in [0.25, 0.3) is 0 Å². The van der Waals surface area contributed by atoms with Crippen molar-refractivity contribution in [2.75, 3.05) is 0 Å². The first kappa shape index (κ1) is 6.85. The van der Waals surface area contributed by atoms with E-state index in [1.807, 2.05) is 0 Å². The topological polar surface area (TPSA) is 0 Å². The van der Waals surface area contributed by atoms with Crippen LogP contribution in [0.15, 0.2) is 12.2 Å². The largest absolute Gasteiger partial charge is 0.0883 e. The molecular formula is C9H16. The van der Waals surface area contributed by atoms with Gasteiger partial charge in [0.2, 0.25) is 0 Å². The van der Waals surface area contributed by atoms with Crippen molar-refractivity contribution in [1.29, 1.82) is 0 Å². The van der Waals surface area contributed by atoms with Crippen LogP contribution in [0.1, 0.15) is 33.1 Å². The van der Waals surface area contributed by atoms with Crippen LogP contribution in [0.4, 0.5) is 0 Å². The van der Waals surface area contributed by atoms with Gasteiger partial charge >= 0.3 is 0 Å². The molecule has 0 amide bonds. The number of hydrogen-bond acceptors (Lipinski definition) is 0. The predicted molar refractivity (Wildman–Crippen MR) is 41.3 cm³/mol. The number of allylic oxidation sites excluding steroid dienone is 2. The standard InChI is InChI=1S/C9H16/c1-3-9-7-5-4-6-8(9)2/h4-5,8-9H,3,6-7H2,1-2H3/t8?,9-/m0/s1. The lowest BCUT2D eigenvalue weighted by Gasteiger charge is -2.23. The molecule has 0 saturated heterocycles. The van der Waals surface area contributed by atoms with E-state index in [0.717, 1.165) is 11.8 Å². The van der Waals surface area contributed by atoms with Crippen LogP contribution in [-0.2, 0) is 0 Å². The molecule has 52 valence electrons. The quantitative estimate of drug-likeness (QED) is 0.471. The second-order valence-electron chi connectivity index (χ2n) is 3.09. The molecule has 0 nitrogen and oxygen atoms in total. The second kappa shape index (κ2) is 3.05. The van der Waals surface area contributed by atoms with E-state index in [2.05, 4.69) is 26.0 Å². The first-order valence-corrected chi connectivity index (χ1v) is 3.99. The van der Waals surface area contributed by atoms with Crippen LogP contribution in [-0.4, -0.2) is 0 Å². The molecule has 0 aromatic rings. The minimum atomic E-state index is 0.931. The van der Waals surface area contributed by atoms with E-state index in [9.17, 15) is 0 Å². The molecule has 0 bridgehead atoms. The Labute approximate surface area is 58.0 Å². The van der Waals surface area contributed by atoms with Gasteiger partial charge in [0.15, 0.2) is 0 Å². The third kappa shape index (κ3) is 1.57. The summed E-state index contributed by atoms with van der Waals surface area (Å²) in [5.41, 5.74) is 0. The van der Waals surface area contributed by atoms with E-state index >= 15 is 0 Å². The van der Waals surface area contributed by atoms with Gasteiger partial charge in [-0.3, -0.25) is 0 Å². The Morgan fingerprint density at radius 3 is 2.44 bits per heavy atom. The average Bonchev–Trinajstić information content (AvgIpc) is 1.89. The van der Waals surface area contributed by atoms with Crippen molar-refractivity contribution in [2.24, 2.45) is 11.8 Å². The molecule has 1 unspecified atom stereocenters. The Hall–Kier alpha value is -0.260. The summed E-state index contributed by atoms with van der Waals surface area (Å²) in [6.07, 6.45) is 8.62. The van der Waals surface area contributed by atoms with E-state index in [1.165, 1.54) is 19.3 Å². The molecule has 9 heavy (non-hydrogen) atoms. The highest BCUT2D eigenvalue weighted by atomic mass is 14.2. The van der Waals surface area contributed by atoms with E-state index in [4.69, 9.17) is 0 Å². The maximum atomic E-state index is 2.36. The third-order valence-corrected chi connectivity index (χ3v) is 2.44. The second-order valence-corrected chi connectivity index (χ2v) is 3.09. The summed E-state index contributed by atoms with van der Waals surface area (Å²) in [7, 11) is 0. The van der Waals surface area contributed by atoms with Gasteiger partial charge in [-0.2, -0.15) is 0 Å². The van der Waals surface area contributed by atoms with Crippen LogP contribution < -0.4 is 0 Å². The highest BCUT2D eigenvalue weighted by Gasteiger charge is 2.14. The van der Waals surface area contributed by atoms with Crippen molar-refractivity contribution in [3.8, 4) is 0 Å². The molecule has 1 aliphatic carbocycles. The minimum absolute atomic E-state index is 0.931. The van der Waals surface area contributed by atoms with Crippen molar-refractivity contribution >= 4 is 0 Å². The van der Waals surface area contributed by atoms with Crippen molar-refractivity contribution in [2.45, 2.75) is 33.1 Å². The monoisotopic (exact) mass is 124 g/mol. The predicted octanol–water partition coefficient (Wildman–Crippen LogP) is 3.00. The van der Waals surface area contributed by atoms with Gasteiger partial charge in [-0.25, -0.2) is 0 Å². The van der Waals surface area contributed by atoms with Crippen LogP contribution in [0.3, 0.4) is 0 Å². The lowest BCUT2D eigenvalue weighted by Crippen LogP contribution is -2.11. The molecule has 0 radical (unpaired) electrons. The van der Waals surface area contributed by atoms with Gasteiger partial charge in [0.05, 0.1) is 0 Å². The zero-order valence-corrected chi connectivity index (χ0v) is 6.43. The van der Waals surface area contributed by atoms with Crippen molar-refractivity contribution in [3.63, 3.8) is 0 Å². The van der Waals surface area contributed by atoms with Gasteiger partial charge in [-0.1, -0.05) is 32.4 Å². The van der Waals surface area contributed by atoms with E-state index in [1.54, 1.807) is 0 Å². The smallest absolute Gasteiger partial charge is 0.0320 e. The Morgan fingerprint density at radius 2 is 2.00 bits per heavy atom. The lowest BCUT2D eigenvalue weighted by molar-refractivity contribution is 0.339. The molecular weight excluding hydrogens is 108 g/mol. The van der Waals surface area contributed by atoms with E-state index < -0.39 is 0 Å². The minimum Gasteiger partial charge on any atom is -0.0883 e. The Morgan fingerprint density at radius 1 is 1.33 bits per heavy atom. The molecule has 0 N–H and O–H groups in total. The van der Waals surface area contributed by atoms with Crippen molar-refractivity contribution in [1.82, 2.24) is 0 Å². The highest BCUT2D eigenvalue weighted by molar-refractivity contribution is 4.92. The van der Waals surface area contributed by atoms with Crippen LogP contribution in [0.25, 0.3) is 0 Å². The van der Waals surface area contributed by atoms with Crippen molar-refractivity contribution < 1.29 is 0 Å². The van der Waals surface area contributed by atoms with Crippen LogP contribution in [0, 0.1) is 11.8 Å². The molecule has 1 aliphatic rings. The first-order valence-electron chi connectivity index (χ1n) is 3.99. The van der Waals surface area contributed by atoms with Gasteiger partial charge in [-0.15, -0.1) is 0 Å². The molecule has 0 saturated carbocycles. The Bertz CT molecular complexity index is 103. The maximum absolute atomic E-state index is 2.36. The maximum Gasteiger partial charge on any atom is -0.0320 e. The highest BCUT2D eigenvalue weighted by Crippen LogP contribution is 2.26. The zero-order valence-electron chi connectivity index (χ0n) is 6.43. The fourth-order valence-corrected chi connectivity index (χ4v) is 1.58. The summed E-state index contributed by atoms with van der Waals surface area (Å²) in [4.78, 5) is 0. The van der Waals surface area contributed by atoms with Crippen LogP contribution in [0.2, 0.25) is 0 Å². The molecule has 0 heterocycles. The Kier molecular flexibility index (Phi) is 2.32. The molecule has 0 heteroatoms. The summed E-state index contributed by atoms with van der Waals surface area (Å²) in [6, 6.07) is 0. The molecule has 0 spiro atoms. The van der Waals surface area contributed by atoms with Gasteiger partial charge < -0.3 is 0 Å². The van der Waals surface area contributed by atoms with Crippen LogP contribution >= 0.6 is 0 Å². The fourth-order valence-electron chi connectivity index (χ4n) is 1.58. The normalized spacial score (nSPS) is 34.9. The fraction of sp³-hybridized carbons (Fsp3) is 0.778. The first-order chi connectivity index (χ1) is 4.34. The summed E-state index contributed by atoms with van der Waals surface area (Å²) < 4.78 is 0. The van der Waals surface area contributed by atoms with Crippen LogP contribution in [0.5, 0.6) is 0 Å². The van der Waals surface area contributed by atoms with Gasteiger partial charge in [0.1, 0.15) is 0 Å². The number of hydrogen-bond donors (Lipinski definition) is 0. The van der Waals surface area contributed by atoms with Gasteiger partial charge in [-0.05, 0) is 24.7 Å². The third-order valence-electron chi connectivity index (χ3n) is 2.44. The van der Waals surface area contributed by atoms with E-state index in [-0.39, 0.29) is 0 Å². The average molecular weight is 124 g/mol. The number of rotatable bonds is 1. The summed E-state index contributed by atoms with van der Waals surface area (Å²) >= 11 is 0. The molecule has 0 fully saturated rings. The molecule has 0 aliphatic heterocycles.